The molecule has 3 atom stereocenters. The van der Waals surface area contributed by atoms with E-state index in [1.54, 1.807) is 35.6 Å². The van der Waals surface area contributed by atoms with Crippen molar-refractivity contribution in [2.24, 2.45) is 27.0 Å². The number of ether oxygens (including phenoxy) is 3. The first kappa shape index (κ1) is 56.6. The van der Waals surface area contributed by atoms with E-state index in [2.05, 4.69) is 51.9 Å². The SMILES string of the molecule is CC(=NCC12CC3(C)CC(C)(C1)CC(OCCN(C)CCOCCOCCNc1cccc4c1C(=O)N(C1CCC(=O)NC1=O)C4=O)(C3)C2)/C(=C\N)c1ccc(N2CCCc3c2nnc(Nc2nc4ccccc4s2)c3C)nc1C(=O)O. The van der Waals surface area contributed by atoms with E-state index in [0.29, 0.717) is 92.7 Å². The Bertz CT molecular complexity index is 3370. The van der Waals surface area contributed by atoms with Crippen molar-refractivity contribution >= 4 is 90.7 Å². The Morgan fingerprint density at radius 2 is 1.68 bits per heavy atom. The molecule has 6 N–H and O–H groups in total. The van der Waals surface area contributed by atoms with Gasteiger partial charge in [0.25, 0.3) is 11.8 Å². The fourth-order valence-electron chi connectivity index (χ4n) is 14.8. The summed E-state index contributed by atoms with van der Waals surface area (Å²) >= 11 is 1.56. The predicted octanol–water partition coefficient (Wildman–Crippen LogP) is 7.69. The summed E-state index contributed by atoms with van der Waals surface area (Å²) in [4.78, 5) is 83.6. The lowest BCUT2D eigenvalue weighted by Crippen LogP contribution is -2.64. The zero-order chi connectivity index (χ0) is 57.6. The van der Waals surface area contributed by atoms with Gasteiger partial charge in [-0.3, -0.25) is 34.4 Å². The predicted molar refractivity (Wildman–Crippen MR) is 312 cm³/mol. The van der Waals surface area contributed by atoms with Crippen molar-refractivity contribution < 1.29 is 43.3 Å². The van der Waals surface area contributed by atoms with E-state index in [9.17, 15) is 29.1 Å². The Balaban J connectivity index is 0.652. The second-order valence-electron chi connectivity index (χ2n) is 24.0. The number of aliphatic imine (C=N–C) groups is 1. The first-order chi connectivity index (χ1) is 39.4. The fraction of sp³-hybridized carbons (Fsp3) is 0.500. The van der Waals surface area contributed by atoms with Gasteiger partial charge in [-0.05, 0) is 131 Å². The monoisotopic (exact) mass is 1140 g/mol. The number of carboxylic acid groups (broad SMARTS) is 1. The van der Waals surface area contributed by atoms with Gasteiger partial charge in [0.1, 0.15) is 11.9 Å². The lowest BCUT2D eigenvalue weighted by Gasteiger charge is -2.69. The minimum Gasteiger partial charge on any atom is -0.476 e. The number of allylic oxidation sites excluding steroid dienone is 1. The summed E-state index contributed by atoms with van der Waals surface area (Å²) in [5, 5.41) is 29.4. The number of aromatic nitrogens is 4. The molecule has 1 saturated heterocycles. The van der Waals surface area contributed by atoms with Gasteiger partial charge in [-0.1, -0.05) is 43.4 Å². The molecule has 3 aromatic heterocycles. The molecule has 432 valence electrons. The van der Waals surface area contributed by atoms with Crippen LogP contribution in [0.4, 0.5) is 28.3 Å². The van der Waals surface area contributed by atoms with Gasteiger partial charge in [-0.25, -0.2) is 14.8 Å². The second-order valence-corrected chi connectivity index (χ2v) is 25.1. The maximum atomic E-state index is 13.4. The number of fused-ring (bicyclic) bond motifs is 3. The third-order valence-electron chi connectivity index (χ3n) is 17.3. The molecule has 0 radical (unpaired) electrons. The van der Waals surface area contributed by atoms with Gasteiger partial charge in [0.15, 0.2) is 22.5 Å². The van der Waals surface area contributed by atoms with E-state index in [1.165, 1.54) is 6.20 Å². The molecule has 5 fully saturated rings. The smallest absolute Gasteiger partial charge is 0.355 e. The van der Waals surface area contributed by atoms with E-state index < -0.39 is 35.6 Å². The lowest BCUT2D eigenvalue weighted by atomic mass is 9.39. The maximum absolute atomic E-state index is 13.4. The molecule has 3 unspecified atom stereocenters. The normalized spacial score (nSPS) is 25.1. The van der Waals surface area contributed by atoms with Crippen LogP contribution < -0.4 is 26.6 Å². The van der Waals surface area contributed by atoms with E-state index in [0.717, 1.165) is 95.8 Å². The fourth-order valence-corrected chi connectivity index (χ4v) is 15.7. The molecule has 2 aromatic carbocycles. The number of hydrogen-bond acceptors (Lipinski definition) is 19. The van der Waals surface area contributed by atoms with Crippen molar-refractivity contribution in [2.75, 3.05) is 88.3 Å². The maximum Gasteiger partial charge on any atom is 0.355 e. The number of pyridine rings is 1. The molecule has 4 saturated carbocycles. The number of benzene rings is 2. The van der Waals surface area contributed by atoms with Crippen LogP contribution >= 0.6 is 11.3 Å². The molecule has 4 bridgehead atoms. The number of carbonyl (C=O) groups is 5. The number of thiazole rings is 1. The zero-order valence-corrected chi connectivity index (χ0v) is 48.1. The standard InChI is InChI=1S/C60H72N12O9S/c1-36-38-11-9-20-71(51(38)69-68-50(36)67-56-64-42-12-6-7-14-45(42)82-56)46-17-15-39(49(65-46)55(77)78)41(28-61)37(2)63-35-59-30-57(3)29-58(4,31-59)33-60(32-57,34-59)81-25-22-70(5)21-24-80-27-26-79-23-19-62-43-13-8-10-40-48(43)54(76)72(53(40)75)44-16-18-47(73)66-52(44)74/h6-8,10,12-15,17,28,44,62H,9,11,16,18-27,29-35,61H2,1-5H3,(H,77,78)(H,64,67,68)(H,66,73,74)/b41-28+,63-37?. The molecule has 21 nitrogen and oxygen atoms in total. The lowest BCUT2D eigenvalue weighted by molar-refractivity contribution is -0.242. The largest absolute Gasteiger partial charge is 0.476 e. The number of nitrogens with one attached hydrogen (secondary N) is 3. The highest BCUT2D eigenvalue weighted by molar-refractivity contribution is 7.22. The average Bonchev–Trinajstić information content (AvgIpc) is 1.46. The van der Waals surface area contributed by atoms with Crippen LogP contribution in [0.15, 0.2) is 65.8 Å². The van der Waals surface area contributed by atoms with E-state index in [1.807, 2.05) is 49.1 Å². The first-order valence-corrected chi connectivity index (χ1v) is 29.2. The van der Waals surface area contributed by atoms with Gasteiger partial charge >= 0.3 is 5.97 Å². The van der Waals surface area contributed by atoms with Crippen molar-refractivity contribution in [3.63, 3.8) is 0 Å². The van der Waals surface area contributed by atoms with Crippen LogP contribution in [0.5, 0.6) is 0 Å². The molecular formula is C60H72N12O9S. The Labute approximate surface area is 480 Å². The molecule has 3 aliphatic heterocycles. The van der Waals surface area contributed by atoms with Gasteiger partial charge in [-0.2, -0.15) is 0 Å². The summed E-state index contributed by atoms with van der Waals surface area (Å²) in [6, 6.07) is 15.5. The summed E-state index contributed by atoms with van der Waals surface area (Å²) in [6.07, 6.45) is 9.42. The number of aromatic carboxylic acids is 1. The number of carboxylic acids is 1. The van der Waals surface area contributed by atoms with Gasteiger partial charge in [0.05, 0.1) is 60.0 Å². The third-order valence-corrected chi connectivity index (χ3v) is 18.3. The zero-order valence-electron chi connectivity index (χ0n) is 47.3. The summed E-state index contributed by atoms with van der Waals surface area (Å²) in [7, 11) is 2.07. The Hall–Kier alpha value is -7.24. The van der Waals surface area contributed by atoms with Crippen LogP contribution in [0.1, 0.15) is 126 Å². The van der Waals surface area contributed by atoms with E-state index >= 15 is 0 Å². The quantitative estimate of drug-likeness (QED) is 0.0238. The molecular weight excluding hydrogens is 1060 g/mol. The number of piperidine rings is 1. The highest BCUT2D eigenvalue weighted by atomic mass is 32.1. The second kappa shape index (κ2) is 22.8. The van der Waals surface area contributed by atoms with E-state index in [-0.39, 0.29) is 51.5 Å². The third kappa shape index (κ3) is 11.3. The van der Waals surface area contributed by atoms with Gasteiger partial charge in [0, 0.05) is 79.0 Å². The Morgan fingerprint density at radius 1 is 0.915 bits per heavy atom. The molecule has 6 heterocycles. The van der Waals surface area contributed by atoms with Gasteiger partial charge < -0.3 is 45.5 Å². The number of anilines is 5. The summed E-state index contributed by atoms with van der Waals surface area (Å²) < 4.78 is 19.8. The number of nitrogens with two attached hydrogens (primary N) is 1. The molecule has 7 aliphatic rings. The minimum absolute atomic E-state index is 0.0567. The minimum atomic E-state index is -1.16. The molecule has 82 heavy (non-hydrogen) atoms. The average molecular weight is 1140 g/mol. The Morgan fingerprint density at radius 3 is 2.44 bits per heavy atom. The first-order valence-electron chi connectivity index (χ1n) is 28.4. The number of para-hydroxylation sites is 1. The van der Waals surface area contributed by atoms with Crippen molar-refractivity contribution in [1.82, 2.24) is 35.3 Å². The van der Waals surface area contributed by atoms with Gasteiger partial charge in [0.2, 0.25) is 11.8 Å². The summed E-state index contributed by atoms with van der Waals surface area (Å²) in [5.41, 5.74) is 11.5. The molecule has 12 rings (SSSR count). The molecule has 22 heteroatoms. The topological polar surface area (TPSA) is 269 Å². The van der Waals surface area contributed by atoms with E-state index in [4.69, 9.17) is 34.9 Å². The number of rotatable bonds is 23. The van der Waals surface area contributed by atoms with Crippen molar-refractivity contribution in [2.45, 2.75) is 104 Å². The molecule has 0 spiro atoms. The number of carbonyl (C=O) groups excluding carboxylic acids is 4. The van der Waals surface area contributed by atoms with Crippen molar-refractivity contribution in [1.29, 1.82) is 0 Å². The molecule has 4 aliphatic carbocycles. The summed E-state index contributed by atoms with van der Waals surface area (Å²) in [6.45, 7) is 14.0. The highest BCUT2D eigenvalue weighted by Gasteiger charge is 2.66. The number of likely N-dealkylation sites (N-methyl/N-ethyl adjacent to an activating group) is 1. The number of imide groups is 2. The van der Waals surface area contributed by atoms with Crippen LogP contribution in [-0.4, -0.2) is 155 Å². The van der Waals surface area contributed by atoms with Gasteiger partial charge in [-0.15, -0.1) is 10.2 Å². The van der Waals surface area contributed by atoms with Crippen LogP contribution in [0, 0.1) is 23.2 Å². The van der Waals surface area contributed by atoms with Crippen LogP contribution in [0.25, 0.3) is 15.8 Å². The number of amides is 4. The number of nitrogens with zero attached hydrogens (tertiary/aromatic N) is 8. The summed E-state index contributed by atoms with van der Waals surface area (Å²) in [5.74, 6) is -1.58. The number of hydrogen-bond donors (Lipinski definition) is 5. The molecule has 5 aromatic rings. The highest BCUT2D eigenvalue weighted by Crippen LogP contribution is 2.71. The molecule has 4 amide bonds. The van der Waals surface area contributed by atoms with Crippen molar-refractivity contribution in [3.8, 4) is 0 Å². The van der Waals surface area contributed by atoms with Crippen LogP contribution in [0.3, 0.4) is 0 Å². The van der Waals surface area contributed by atoms with Crippen molar-refractivity contribution in [3.05, 3.63) is 94.3 Å². The Kier molecular flexibility index (Phi) is 15.8. The van der Waals surface area contributed by atoms with Crippen LogP contribution in [0.2, 0.25) is 0 Å². The van der Waals surface area contributed by atoms with Crippen LogP contribution in [-0.2, 0) is 30.2 Å².